The summed E-state index contributed by atoms with van der Waals surface area (Å²) in [6, 6.07) is 2.44. The van der Waals surface area contributed by atoms with Gasteiger partial charge in [0.1, 0.15) is 11.8 Å². The lowest BCUT2D eigenvalue weighted by Gasteiger charge is -2.15. The molecule has 0 saturated heterocycles. The monoisotopic (exact) mass is 476 g/mol. The number of carbonyl (C=O) groups excluding carboxylic acids is 1. The molecule has 1 amide bonds. The molecular formula is C15H8Cl2F6N4OS. The minimum Gasteiger partial charge on any atom is -0.310 e. The Morgan fingerprint density at radius 3 is 2.21 bits per heavy atom. The van der Waals surface area contributed by atoms with Gasteiger partial charge < -0.3 is 5.32 Å². The Hall–Kier alpha value is -2.10. The molecule has 5 nitrogen and oxygen atoms in total. The van der Waals surface area contributed by atoms with E-state index in [9.17, 15) is 31.1 Å². The molecule has 0 spiro atoms. The smallest absolute Gasteiger partial charge is 0.310 e. The van der Waals surface area contributed by atoms with Gasteiger partial charge >= 0.3 is 11.7 Å². The number of hydrogen-bond acceptors (Lipinski definition) is 4. The van der Waals surface area contributed by atoms with Crippen molar-refractivity contribution in [3.05, 3.63) is 33.4 Å². The number of amides is 1. The fraction of sp³-hybridized carbons (Fsp3) is 0.267. The fourth-order valence-corrected chi connectivity index (χ4v) is 3.41. The zero-order valence-corrected chi connectivity index (χ0v) is 16.4. The number of alkyl halides is 6. The summed E-state index contributed by atoms with van der Waals surface area (Å²) in [5.41, 5.74) is -7.21. The van der Waals surface area contributed by atoms with Crippen LogP contribution in [0, 0.1) is 11.3 Å². The minimum absolute atomic E-state index is 0.141. The topological polar surface area (TPSA) is 70.7 Å². The molecule has 0 saturated carbocycles. The lowest BCUT2D eigenvalue weighted by molar-refractivity contribution is -0.137. The molecule has 1 aromatic heterocycles. The molecular weight excluding hydrogens is 469 g/mol. The van der Waals surface area contributed by atoms with Gasteiger partial charge in [0.2, 0.25) is 5.91 Å². The molecule has 0 aliphatic heterocycles. The van der Waals surface area contributed by atoms with Crippen LogP contribution in [-0.4, -0.2) is 21.2 Å². The summed E-state index contributed by atoms with van der Waals surface area (Å²) in [6.45, 7) is 1.41. The maximum absolute atomic E-state index is 12.9. The number of nitrogens with zero attached hydrogens (tertiary/aromatic N) is 3. The maximum atomic E-state index is 12.9. The van der Waals surface area contributed by atoms with Gasteiger partial charge in [-0.1, -0.05) is 30.1 Å². The summed E-state index contributed by atoms with van der Waals surface area (Å²) in [4.78, 5) is 11.0. The third-order valence-electron chi connectivity index (χ3n) is 3.30. The summed E-state index contributed by atoms with van der Waals surface area (Å²) in [5.74, 6) is -1.34. The molecule has 29 heavy (non-hydrogen) atoms. The second-order valence-electron chi connectivity index (χ2n) is 5.29. The lowest BCUT2D eigenvalue weighted by atomic mass is 10.2. The quantitative estimate of drug-likeness (QED) is 0.431. The molecule has 0 aliphatic carbocycles. The number of nitrogens with one attached hydrogen (secondary N) is 1. The Balaban J connectivity index is 2.79. The van der Waals surface area contributed by atoms with E-state index in [1.807, 2.05) is 0 Å². The first-order valence-electron chi connectivity index (χ1n) is 7.43. The molecule has 14 heteroatoms. The summed E-state index contributed by atoms with van der Waals surface area (Å²) in [5, 5.41) is 13.7. The maximum Gasteiger partial charge on any atom is 0.446 e. The van der Waals surface area contributed by atoms with E-state index in [2.05, 4.69) is 10.4 Å². The third-order valence-corrected chi connectivity index (χ3v) is 4.70. The number of nitriles is 1. The average molecular weight is 477 g/mol. The first kappa shape index (κ1) is 23.2. The Bertz CT molecular complexity index is 973. The van der Waals surface area contributed by atoms with Gasteiger partial charge in [0, 0.05) is 6.42 Å². The van der Waals surface area contributed by atoms with Crippen molar-refractivity contribution in [2.75, 3.05) is 5.32 Å². The standard InChI is InChI=1S/C15H8Cl2F6N4OS/c1-2-10(28)25-13-12(29-15(21,22)23)9(5-24)26-27(13)11-7(16)3-6(4-8(11)17)14(18,19)20/h3-4H,2H2,1H3,(H,25,28). The highest BCUT2D eigenvalue weighted by molar-refractivity contribution is 8.00. The van der Waals surface area contributed by atoms with E-state index in [4.69, 9.17) is 28.5 Å². The van der Waals surface area contributed by atoms with E-state index in [1.54, 1.807) is 0 Å². The number of hydrogen-bond donors (Lipinski definition) is 1. The van der Waals surface area contributed by atoms with Crippen molar-refractivity contribution in [3.63, 3.8) is 0 Å². The Morgan fingerprint density at radius 1 is 1.24 bits per heavy atom. The average Bonchev–Trinajstić information content (AvgIpc) is 2.89. The molecule has 0 unspecified atom stereocenters. The highest BCUT2D eigenvalue weighted by Crippen LogP contribution is 2.45. The van der Waals surface area contributed by atoms with E-state index in [0.29, 0.717) is 16.8 Å². The van der Waals surface area contributed by atoms with E-state index in [-0.39, 0.29) is 6.42 Å². The van der Waals surface area contributed by atoms with Gasteiger partial charge in [0.25, 0.3) is 0 Å². The third kappa shape index (κ3) is 5.29. The van der Waals surface area contributed by atoms with Crippen LogP contribution in [0.4, 0.5) is 32.2 Å². The Kier molecular flexibility index (Phi) is 6.66. The molecule has 0 radical (unpaired) electrons. The second kappa shape index (κ2) is 8.33. The normalized spacial score (nSPS) is 12.0. The fourth-order valence-electron chi connectivity index (χ4n) is 2.11. The summed E-state index contributed by atoms with van der Waals surface area (Å²) >= 11 is 11.1. The predicted octanol–water partition coefficient (Wildman–Crippen LogP) is 6.03. The van der Waals surface area contributed by atoms with Crippen molar-refractivity contribution in [3.8, 4) is 11.8 Å². The van der Waals surface area contributed by atoms with E-state index >= 15 is 0 Å². The van der Waals surface area contributed by atoms with Crippen molar-refractivity contribution in [2.45, 2.75) is 29.9 Å². The molecule has 1 aromatic carbocycles. The minimum atomic E-state index is -4.85. The molecule has 0 bridgehead atoms. The Labute approximate surface area is 173 Å². The number of benzene rings is 1. The van der Waals surface area contributed by atoms with Gasteiger partial charge in [-0.25, -0.2) is 4.68 Å². The van der Waals surface area contributed by atoms with Crippen molar-refractivity contribution >= 4 is 46.7 Å². The van der Waals surface area contributed by atoms with E-state index in [1.165, 1.54) is 13.0 Å². The molecule has 1 N–H and O–H groups in total. The SMILES string of the molecule is CCC(=O)Nc1c(SC(F)(F)F)c(C#N)nn1-c1c(Cl)cc(C(F)(F)F)cc1Cl. The highest BCUT2D eigenvalue weighted by atomic mass is 35.5. The zero-order valence-electron chi connectivity index (χ0n) is 14.0. The number of anilines is 1. The highest BCUT2D eigenvalue weighted by Gasteiger charge is 2.36. The summed E-state index contributed by atoms with van der Waals surface area (Å²) in [7, 11) is 0. The van der Waals surface area contributed by atoms with Gasteiger partial charge in [0.05, 0.1) is 20.5 Å². The second-order valence-corrected chi connectivity index (χ2v) is 7.18. The summed E-state index contributed by atoms with van der Waals surface area (Å²) < 4.78 is 78.2. The van der Waals surface area contributed by atoms with Crippen LogP contribution in [0.15, 0.2) is 17.0 Å². The van der Waals surface area contributed by atoms with Crippen molar-refractivity contribution < 1.29 is 31.1 Å². The number of rotatable bonds is 4. The lowest BCUT2D eigenvalue weighted by Crippen LogP contribution is -2.15. The van der Waals surface area contributed by atoms with Gasteiger partial charge in [-0.15, -0.1) is 0 Å². The molecule has 0 fully saturated rings. The van der Waals surface area contributed by atoms with Gasteiger partial charge in [0.15, 0.2) is 11.5 Å². The van der Waals surface area contributed by atoms with Crippen molar-refractivity contribution in [1.82, 2.24) is 9.78 Å². The van der Waals surface area contributed by atoms with Gasteiger partial charge in [-0.3, -0.25) is 4.79 Å². The van der Waals surface area contributed by atoms with Crippen LogP contribution in [-0.2, 0) is 11.0 Å². The van der Waals surface area contributed by atoms with Gasteiger partial charge in [-0.05, 0) is 23.9 Å². The number of aromatic nitrogens is 2. The van der Waals surface area contributed by atoms with Crippen LogP contribution in [0.3, 0.4) is 0 Å². The first-order valence-corrected chi connectivity index (χ1v) is 9.01. The van der Waals surface area contributed by atoms with Crippen LogP contribution in [0.2, 0.25) is 10.0 Å². The van der Waals surface area contributed by atoms with Crippen LogP contribution in [0.1, 0.15) is 24.6 Å². The van der Waals surface area contributed by atoms with Crippen molar-refractivity contribution in [2.24, 2.45) is 0 Å². The van der Waals surface area contributed by atoms with Crippen LogP contribution in [0.5, 0.6) is 0 Å². The van der Waals surface area contributed by atoms with Gasteiger partial charge in [-0.2, -0.15) is 36.7 Å². The van der Waals surface area contributed by atoms with Crippen LogP contribution in [0.25, 0.3) is 5.69 Å². The predicted molar refractivity (Wildman–Crippen MR) is 94.1 cm³/mol. The number of carbonyl (C=O) groups is 1. The van der Waals surface area contributed by atoms with Crippen molar-refractivity contribution in [1.29, 1.82) is 5.26 Å². The first-order chi connectivity index (χ1) is 13.3. The molecule has 1 heterocycles. The van der Waals surface area contributed by atoms with E-state index < -0.39 is 67.1 Å². The molecule has 0 atom stereocenters. The largest absolute Gasteiger partial charge is 0.446 e. The molecule has 2 aromatic rings. The van der Waals surface area contributed by atoms with Crippen LogP contribution < -0.4 is 5.32 Å². The summed E-state index contributed by atoms with van der Waals surface area (Å²) in [6.07, 6.45) is -4.93. The number of thioether (sulfide) groups is 1. The number of halogens is 8. The zero-order chi connectivity index (χ0) is 22.1. The Morgan fingerprint density at radius 2 is 1.79 bits per heavy atom. The molecule has 156 valence electrons. The molecule has 2 rings (SSSR count). The van der Waals surface area contributed by atoms with E-state index in [0.717, 1.165) is 0 Å². The molecule has 0 aliphatic rings. The van der Waals surface area contributed by atoms with Crippen LogP contribution >= 0.6 is 35.0 Å².